The predicted octanol–water partition coefficient (Wildman–Crippen LogP) is 4.03. The molecule has 2 saturated heterocycles. The first kappa shape index (κ1) is 47.2. The molecule has 6 amide bonds. The van der Waals surface area contributed by atoms with E-state index < -0.39 is 48.0 Å². The summed E-state index contributed by atoms with van der Waals surface area (Å²) in [6.45, 7) is 7.63. The molecular weight excluding hydrogens is 869 g/mol. The number of rotatable bonds is 14. The minimum Gasteiger partial charge on any atom is -0.495 e. The predicted molar refractivity (Wildman–Crippen MR) is 246 cm³/mol. The van der Waals surface area contributed by atoms with Crippen molar-refractivity contribution in [2.24, 2.45) is 0 Å². The van der Waals surface area contributed by atoms with Crippen LogP contribution in [0.5, 0.6) is 5.75 Å². The zero-order chi connectivity index (χ0) is 47.7. The summed E-state index contributed by atoms with van der Waals surface area (Å²) in [4.78, 5) is 96.7. The summed E-state index contributed by atoms with van der Waals surface area (Å²) >= 11 is 0. The van der Waals surface area contributed by atoms with Crippen LogP contribution < -0.4 is 35.4 Å². The molecule has 4 aliphatic heterocycles. The maximum atomic E-state index is 15.0. The number of hydrogen-bond donors (Lipinski definition) is 3. The van der Waals surface area contributed by atoms with Crippen LogP contribution in [0.4, 0.5) is 37.6 Å². The van der Waals surface area contributed by atoms with Gasteiger partial charge in [0.1, 0.15) is 17.5 Å². The Hall–Kier alpha value is -6.28. The third kappa shape index (κ3) is 9.63. The normalized spacial score (nSPS) is 22.6. The maximum Gasteiger partial charge on any atom is 0.342 e. The molecule has 1 aromatic heterocycles. The van der Waals surface area contributed by atoms with Crippen LogP contribution in [0.2, 0.25) is 0 Å². The number of carbonyl (C=O) groups excluding carboxylic acids is 6. The van der Waals surface area contributed by atoms with Crippen LogP contribution in [0.25, 0.3) is 0 Å². The Morgan fingerprint density at radius 1 is 1.00 bits per heavy atom. The topological polar surface area (TPSA) is 193 Å². The number of imide groups is 2. The van der Waals surface area contributed by atoms with Gasteiger partial charge >= 0.3 is 5.92 Å². The first-order valence-corrected chi connectivity index (χ1v) is 23.2. The molecule has 0 bridgehead atoms. The monoisotopic (exact) mass is 927 g/mol. The molecule has 0 spiro atoms. The van der Waals surface area contributed by atoms with E-state index in [9.17, 15) is 28.8 Å². The molecule has 2 unspecified atom stereocenters. The van der Waals surface area contributed by atoms with Crippen molar-refractivity contribution in [3.05, 3.63) is 59.3 Å². The SMILES string of the molecule is CCCC(C)N1CC(F)(F)C(=O)N(C)c2cnc(Nc3ccc(C(=O)N[C@H]4CC[C@@H](N(C)CCN5CCN(c6cccc7c6C(=O)N(C6CCC(=O)NC6=O)C7=O)CC5)CC4)cc3OC)nc21. The first-order valence-electron chi connectivity index (χ1n) is 23.2. The number of benzene rings is 2. The van der Waals surface area contributed by atoms with E-state index in [1.165, 1.54) is 25.3 Å². The van der Waals surface area contributed by atoms with E-state index in [0.717, 1.165) is 68.1 Å². The van der Waals surface area contributed by atoms with Crippen LogP contribution in [-0.2, 0) is 14.4 Å². The van der Waals surface area contributed by atoms with E-state index in [2.05, 4.69) is 47.7 Å². The van der Waals surface area contributed by atoms with Gasteiger partial charge in [-0.2, -0.15) is 13.8 Å². The summed E-state index contributed by atoms with van der Waals surface area (Å²) in [5.41, 5.74) is 2.34. The molecule has 3 aromatic rings. The smallest absolute Gasteiger partial charge is 0.342 e. The Kier molecular flexibility index (Phi) is 13.8. The number of ether oxygens (including phenoxy) is 1. The lowest BCUT2D eigenvalue weighted by atomic mass is 9.90. The molecule has 3 fully saturated rings. The number of nitrogens with zero attached hydrogens (tertiary/aromatic N) is 8. The lowest BCUT2D eigenvalue weighted by Crippen LogP contribution is -2.54. The Balaban J connectivity index is 0.806. The van der Waals surface area contributed by atoms with Gasteiger partial charge in [-0.25, -0.2) is 4.98 Å². The van der Waals surface area contributed by atoms with Gasteiger partial charge < -0.3 is 35.0 Å². The second kappa shape index (κ2) is 19.5. The fourth-order valence-corrected chi connectivity index (χ4v) is 9.96. The fourth-order valence-electron chi connectivity index (χ4n) is 9.96. The van der Waals surface area contributed by atoms with E-state index in [-0.39, 0.29) is 53.8 Å². The van der Waals surface area contributed by atoms with Crippen molar-refractivity contribution in [3.8, 4) is 5.75 Å². The lowest BCUT2D eigenvalue weighted by molar-refractivity contribution is -0.140. The summed E-state index contributed by atoms with van der Waals surface area (Å²) in [6.07, 6.45) is 6.43. The minimum atomic E-state index is -3.61. The molecule has 5 aliphatic rings. The molecule has 1 saturated carbocycles. The van der Waals surface area contributed by atoms with Crippen LogP contribution >= 0.6 is 0 Å². The van der Waals surface area contributed by atoms with E-state index in [0.29, 0.717) is 53.8 Å². The van der Waals surface area contributed by atoms with Crippen LogP contribution in [0.15, 0.2) is 42.6 Å². The molecule has 5 heterocycles. The number of carbonyl (C=O) groups is 6. The molecule has 8 rings (SSSR count). The van der Waals surface area contributed by atoms with E-state index in [4.69, 9.17) is 4.74 Å². The van der Waals surface area contributed by atoms with Gasteiger partial charge in [0.25, 0.3) is 23.6 Å². The highest BCUT2D eigenvalue weighted by atomic mass is 19.3. The number of piperidine rings is 1. The van der Waals surface area contributed by atoms with Crippen LogP contribution in [0.1, 0.15) is 96.3 Å². The summed E-state index contributed by atoms with van der Waals surface area (Å²) in [6, 6.07) is 9.29. The van der Waals surface area contributed by atoms with E-state index in [1.54, 1.807) is 30.3 Å². The van der Waals surface area contributed by atoms with Crippen LogP contribution in [0.3, 0.4) is 0 Å². The molecule has 2 aromatic carbocycles. The second-order valence-electron chi connectivity index (χ2n) is 18.2. The van der Waals surface area contributed by atoms with Gasteiger partial charge in [-0.1, -0.05) is 19.4 Å². The van der Waals surface area contributed by atoms with Crippen molar-refractivity contribution in [2.45, 2.75) is 95.3 Å². The maximum absolute atomic E-state index is 15.0. The van der Waals surface area contributed by atoms with Crippen molar-refractivity contribution in [1.82, 2.24) is 35.3 Å². The van der Waals surface area contributed by atoms with E-state index >= 15 is 8.78 Å². The minimum absolute atomic E-state index is 0.00940. The molecule has 20 heteroatoms. The molecule has 3 N–H and O–H groups in total. The summed E-state index contributed by atoms with van der Waals surface area (Å²) in [5, 5.41) is 8.56. The number of alkyl halides is 2. The van der Waals surface area contributed by atoms with Crippen molar-refractivity contribution >= 4 is 64.3 Å². The van der Waals surface area contributed by atoms with Gasteiger partial charge in [-0.15, -0.1) is 0 Å². The van der Waals surface area contributed by atoms with Gasteiger partial charge in [0.05, 0.1) is 42.4 Å². The summed E-state index contributed by atoms with van der Waals surface area (Å²) in [5.74, 6) is -6.50. The zero-order valence-corrected chi connectivity index (χ0v) is 38.6. The molecule has 0 radical (unpaired) electrons. The Bertz CT molecular complexity index is 2420. The zero-order valence-electron chi connectivity index (χ0n) is 38.6. The number of halogens is 2. The number of methoxy groups -OCH3 is 1. The highest BCUT2D eigenvalue weighted by Gasteiger charge is 2.49. The van der Waals surface area contributed by atoms with Crippen molar-refractivity contribution in [2.75, 3.05) is 87.0 Å². The van der Waals surface area contributed by atoms with Gasteiger partial charge in [-0.3, -0.25) is 43.9 Å². The number of aromatic nitrogens is 2. The van der Waals surface area contributed by atoms with Gasteiger partial charge in [0.2, 0.25) is 17.8 Å². The fraction of sp³-hybridized carbons (Fsp3) is 0.532. The molecule has 67 heavy (non-hydrogen) atoms. The number of amides is 6. The number of fused-ring (bicyclic) bond motifs is 2. The third-order valence-corrected chi connectivity index (χ3v) is 13.9. The molecule has 2 atom stereocenters. The number of anilines is 5. The third-order valence-electron chi connectivity index (χ3n) is 13.9. The standard InChI is InChI=1S/C47H59F2N11O7/c1-6-8-28(2)59-27-47(48,49)45(66)56(4)36-26-50-46(54-40(36)59)52-33-16-11-29(25-37(33)67-5)41(62)51-30-12-14-31(15-13-30)55(3)19-20-57-21-23-58(24-22-57)34-10-7-9-32-39(34)44(65)60(43(32)64)35-17-18-38(61)53-42(35)63/h7,9-11,16,25-26,28,30-31,35H,6,8,12-15,17-24,27H2,1-5H3,(H,51,62)(H,50,52,54)(H,53,61,63)/t28?,30-,31+,35?. The number of hydrogen-bond acceptors (Lipinski definition) is 14. The largest absolute Gasteiger partial charge is 0.495 e. The van der Waals surface area contributed by atoms with Crippen LogP contribution in [0, 0.1) is 0 Å². The average molecular weight is 928 g/mol. The highest BCUT2D eigenvalue weighted by Crippen LogP contribution is 2.39. The number of piperazine rings is 1. The number of likely N-dealkylation sites (N-methyl/N-ethyl adjacent to an activating group) is 1. The summed E-state index contributed by atoms with van der Waals surface area (Å²) in [7, 11) is 4.92. The second-order valence-corrected chi connectivity index (χ2v) is 18.2. The Labute approximate surface area is 388 Å². The van der Waals surface area contributed by atoms with Crippen molar-refractivity contribution in [1.29, 1.82) is 0 Å². The summed E-state index contributed by atoms with van der Waals surface area (Å²) < 4.78 is 35.7. The average Bonchev–Trinajstić information content (AvgIpc) is 3.54. The van der Waals surface area contributed by atoms with E-state index in [1.807, 2.05) is 19.9 Å². The van der Waals surface area contributed by atoms with Gasteiger partial charge in [0.15, 0.2) is 5.82 Å². The Morgan fingerprint density at radius 2 is 1.75 bits per heavy atom. The van der Waals surface area contributed by atoms with Gasteiger partial charge in [0, 0.05) is 76.4 Å². The van der Waals surface area contributed by atoms with Crippen molar-refractivity contribution in [3.63, 3.8) is 0 Å². The molecule has 358 valence electrons. The quantitative estimate of drug-likeness (QED) is 0.196. The lowest BCUT2D eigenvalue weighted by Gasteiger charge is -2.39. The molecule has 1 aliphatic carbocycles. The first-order chi connectivity index (χ1) is 32.1. The van der Waals surface area contributed by atoms with Crippen LogP contribution in [-0.4, -0.2) is 157 Å². The highest BCUT2D eigenvalue weighted by molar-refractivity contribution is 6.25. The van der Waals surface area contributed by atoms with Gasteiger partial charge in [-0.05, 0) is 82.8 Å². The van der Waals surface area contributed by atoms with Crippen molar-refractivity contribution < 1.29 is 42.3 Å². The molecular formula is C47H59F2N11O7. The number of nitrogens with one attached hydrogen (secondary N) is 3. The Morgan fingerprint density at radius 3 is 2.45 bits per heavy atom. The molecule has 18 nitrogen and oxygen atoms in total.